The number of benzene rings is 1. The number of halogens is 2. The van der Waals surface area contributed by atoms with E-state index >= 15 is 0 Å². The number of amides is 1. The molecule has 0 aromatic heterocycles. The molecule has 0 aliphatic carbocycles. The van der Waals surface area contributed by atoms with E-state index in [1.807, 2.05) is 4.90 Å². The first kappa shape index (κ1) is 15.2. The Kier molecular flexibility index (Phi) is 4.31. The lowest BCUT2D eigenvalue weighted by Crippen LogP contribution is -2.53. The Morgan fingerprint density at radius 3 is 2.59 bits per heavy atom. The van der Waals surface area contributed by atoms with Crippen molar-refractivity contribution in [2.75, 3.05) is 32.8 Å². The first-order chi connectivity index (χ1) is 10.6. The average molecular weight is 327 g/mol. The molecule has 2 fully saturated rings. The van der Waals surface area contributed by atoms with E-state index in [0.29, 0.717) is 44.8 Å². The lowest BCUT2D eigenvalue weighted by Gasteiger charge is -2.36. The molecule has 1 atom stereocenters. The molecule has 2 aliphatic heterocycles. The summed E-state index contributed by atoms with van der Waals surface area (Å²) in [5, 5.41) is 0.117. The van der Waals surface area contributed by atoms with Crippen LogP contribution >= 0.6 is 11.6 Å². The molecule has 0 saturated carbocycles. The predicted molar refractivity (Wildman–Crippen MR) is 78.3 cm³/mol. The van der Waals surface area contributed by atoms with Gasteiger partial charge in [-0.2, -0.15) is 0 Å². The van der Waals surface area contributed by atoms with Gasteiger partial charge >= 0.3 is 5.97 Å². The predicted octanol–water partition coefficient (Wildman–Crippen LogP) is 1.55. The molecule has 1 aromatic carbocycles. The van der Waals surface area contributed by atoms with Gasteiger partial charge in [0.25, 0.3) is 5.91 Å². The van der Waals surface area contributed by atoms with E-state index in [9.17, 15) is 14.0 Å². The molecule has 22 heavy (non-hydrogen) atoms. The standard InChI is InChI=1S/C15H16ClFN2O3/c16-12-9-10(17)1-2-11(12)14(20)19-6-4-18(5-7-19)13-3-8-22-15(13)21/h1-2,9,13H,3-8H2/t13-/m1/s1. The van der Waals surface area contributed by atoms with Crippen LogP contribution < -0.4 is 0 Å². The van der Waals surface area contributed by atoms with Crippen LogP contribution in [0.4, 0.5) is 4.39 Å². The largest absolute Gasteiger partial charge is 0.464 e. The smallest absolute Gasteiger partial charge is 0.323 e. The lowest BCUT2D eigenvalue weighted by molar-refractivity contribution is -0.142. The summed E-state index contributed by atoms with van der Waals surface area (Å²) in [5.74, 6) is -0.855. The van der Waals surface area contributed by atoms with Crippen LogP contribution in [-0.4, -0.2) is 60.5 Å². The van der Waals surface area contributed by atoms with Crippen LogP contribution in [0.2, 0.25) is 5.02 Å². The van der Waals surface area contributed by atoms with Crippen molar-refractivity contribution >= 4 is 23.5 Å². The number of nitrogens with zero attached hydrogens (tertiary/aromatic N) is 2. The summed E-state index contributed by atoms with van der Waals surface area (Å²) >= 11 is 5.94. The van der Waals surface area contributed by atoms with Gasteiger partial charge in [-0.25, -0.2) is 4.39 Å². The van der Waals surface area contributed by atoms with E-state index in [1.54, 1.807) is 4.90 Å². The van der Waals surface area contributed by atoms with Gasteiger partial charge in [-0.15, -0.1) is 0 Å². The zero-order chi connectivity index (χ0) is 15.7. The molecule has 118 valence electrons. The van der Waals surface area contributed by atoms with E-state index in [-0.39, 0.29) is 22.9 Å². The molecule has 0 radical (unpaired) electrons. The van der Waals surface area contributed by atoms with Crippen LogP contribution in [0.3, 0.4) is 0 Å². The van der Waals surface area contributed by atoms with E-state index in [1.165, 1.54) is 12.1 Å². The van der Waals surface area contributed by atoms with E-state index < -0.39 is 5.82 Å². The van der Waals surface area contributed by atoms with Crippen molar-refractivity contribution in [2.45, 2.75) is 12.5 Å². The Balaban J connectivity index is 1.63. The number of ether oxygens (including phenoxy) is 1. The van der Waals surface area contributed by atoms with Gasteiger partial charge in [0.05, 0.1) is 17.2 Å². The summed E-state index contributed by atoms with van der Waals surface area (Å²) < 4.78 is 18.0. The first-order valence-electron chi connectivity index (χ1n) is 7.21. The Bertz CT molecular complexity index is 602. The van der Waals surface area contributed by atoms with Crippen molar-refractivity contribution < 1.29 is 18.7 Å². The Morgan fingerprint density at radius 1 is 1.27 bits per heavy atom. The van der Waals surface area contributed by atoms with Crippen LogP contribution in [0, 0.1) is 5.82 Å². The number of hydrogen-bond donors (Lipinski definition) is 0. The molecule has 0 spiro atoms. The molecule has 0 unspecified atom stereocenters. The number of piperazine rings is 1. The second-order valence-corrected chi connectivity index (χ2v) is 5.83. The van der Waals surface area contributed by atoms with Crippen molar-refractivity contribution in [3.05, 3.63) is 34.6 Å². The number of hydrogen-bond acceptors (Lipinski definition) is 4. The molecular weight excluding hydrogens is 311 g/mol. The lowest BCUT2D eigenvalue weighted by atomic mass is 10.1. The number of carbonyl (C=O) groups is 2. The van der Waals surface area contributed by atoms with Crippen LogP contribution in [-0.2, 0) is 9.53 Å². The zero-order valence-electron chi connectivity index (χ0n) is 11.9. The fraction of sp³-hybridized carbons (Fsp3) is 0.467. The maximum atomic E-state index is 13.1. The van der Waals surface area contributed by atoms with Crippen molar-refractivity contribution in [3.63, 3.8) is 0 Å². The van der Waals surface area contributed by atoms with Gasteiger partial charge in [0.15, 0.2) is 0 Å². The summed E-state index contributed by atoms with van der Waals surface area (Å²) in [6.45, 7) is 2.72. The fourth-order valence-corrected chi connectivity index (χ4v) is 3.13. The SMILES string of the molecule is O=C1OCC[C@H]1N1CCN(C(=O)c2ccc(F)cc2Cl)CC1. The van der Waals surface area contributed by atoms with Gasteiger partial charge in [0.1, 0.15) is 11.9 Å². The fourth-order valence-electron chi connectivity index (χ4n) is 2.89. The Morgan fingerprint density at radius 2 is 2.00 bits per heavy atom. The second-order valence-electron chi connectivity index (χ2n) is 5.42. The van der Waals surface area contributed by atoms with Crippen molar-refractivity contribution in [1.82, 2.24) is 9.80 Å². The van der Waals surface area contributed by atoms with Crippen LogP contribution in [0.5, 0.6) is 0 Å². The summed E-state index contributed by atoms with van der Waals surface area (Å²) in [7, 11) is 0. The maximum Gasteiger partial charge on any atom is 0.323 e. The molecule has 2 heterocycles. The van der Waals surface area contributed by atoms with Crippen molar-refractivity contribution in [1.29, 1.82) is 0 Å². The third-order valence-electron chi connectivity index (χ3n) is 4.11. The molecule has 5 nitrogen and oxygen atoms in total. The highest BCUT2D eigenvalue weighted by Gasteiger charge is 2.35. The third kappa shape index (κ3) is 2.94. The summed E-state index contributed by atoms with van der Waals surface area (Å²) in [6, 6.07) is 3.58. The van der Waals surface area contributed by atoms with Gasteiger partial charge in [-0.05, 0) is 18.2 Å². The van der Waals surface area contributed by atoms with E-state index in [0.717, 1.165) is 6.07 Å². The van der Waals surface area contributed by atoms with Gasteiger partial charge < -0.3 is 9.64 Å². The average Bonchev–Trinajstić information content (AvgIpc) is 2.93. The van der Waals surface area contributed by atoms with E-state index in [2.05, 4.69) is 0 Å². The molecule has 1 amide bonds. The Hall–Kier alpha value is -1.66. The summed E-state index contributed by atoms with van der Waals surface area (Å²) in [6.07, 6.45) is 0.705. The quantitative estimate of drug-likeness (QED) is 0.774. The number of carbonyl (C=O) groups excluding carboxylic acids is 2. The molecule has 7 heteroatoms. The molecular formula is C15H16ClFN2O3. The monoisotopic (exact) mass is 326 g/mol. The highest BCUT2D eigenvalue weighted by molar-refractivity contribution is 6.33. The third-order valence-corrected chi connectivity index (χ3v) is 4.42. The first-order valence-corrected chi connectivity index (χ1v) is 7.59. The van der Waals surface area contributed by atoms with Gasteiger partial charge in [-0.3, -0.25) is 14.5 Å². The summed E-state index contributed by atoms with van der Waals surface area (Å²) in [5.41, 5.74) is 0.303. The van der Waals surface area contributed by atoms with Gasteiger partial charge in [0, 0.05) is 32.6 Å². The Labute approximate surface area is 132 Å². The summed E-state index contributed by atoms with van der Waals surface area (Å²) in [4.78, 5) is 27.7. The molecule has 0 bridgehead atoms. The molecule has 2 aliphatic rings. The number of esters is 1. The van der Waals surface area contributed by atoms with Crippen LogP contribution in [0.1, 0.15) is 16.8 Å². The highest BCUT2D eigenvalue weighted by Crippen LogP contribution is 2.21. The van der Waals surface area contributed by atoms with Gasteiger partial charge in [0.2, 0.25) is 0 Å². The zero-order valence-corrected chi connectivity index (χ0v) is 12.7. The normalized spacial score (nSPS) is 22.7. The molecule has 0 N–H and O–H groups in total. The van der Waals surface area contributed by atoms with E-state index in [4.69, 9.17) is 16.3 Å². The second kappa shape index (κ2) is 6.22. The van der Waals surface area contributed by atoms with Crippen molar-refractivity contribution in [3.8, 4) is 0 Å². The topological polar surface area (TPSA) is 49.9 Å². The number of rotatable bonds is 2. The minimum absolute atomic E-state index is 0.117. The van der Waals surface area contributed by atoms with Crippen molar-refractivity contribution in [2.24, 2.45) is 0 Å². The number of cyclic esters (lactones) is 1. The highest BCUT2D eigenvalue weighted by atomic mass is 35.5. The van der Waals surface area contributed by atoms with Crippen LogP contribution in [0.15, 0.2) is 18.2 Å². The minimum Gasteiger partial charge on any atom is -0.464 e. The molecule has 3 rings (SSSR count). The van der Waals surface area contributed by atoms with Crippen LogP contribution in [0.25, 0.3) is 0 Å². The minimum atomic E-state index is -0.467. The maximum absolute atomic E-state index is 13.1. The molecule has 1 aromatic rings. The van der Waals surface area contributed by atoms with Gasteiger partial charge in [-0.1, -0.05) is 11.6 Å². The molecule has 2 saturated heterocycles.